The molecule has 5 nitrogen and oxygen atoms in total. The molecule has 1 aromatic carbocycles. The Morgan fingerprint density at radius 3 is 2.83 bits per heavy atom. The van der Waals surface area contributed by atoms with E-state index in [1.54, 1.807) is 12.1 Å². The van der Waals surface area contributed by atoms with Crippen LogP contribution < -0.4 is 10.6 Å². The van der Waals surface area contributed by atoms with E-state index in [1.165, 1.54) is 0 Å². The van der Waals surface area contributed by atoms with Crippen molar-refractivity contribution < 1.29 is 4.74 Å². The highest BCUT2D eigenvalue weighted by atomic mass is 35.5. The summed E-state index contributed by atoms with van der Waals surface area (Å²) >= 11 is 12.0. The van der Waals surface area contributed by atoms with Crippen molar-refractivity contribution in [2.75, 3.05) is 23.8 Å². The minimum absolute atomic E-state index is 0.261. The van der Waals surface area contributed by atoms with Gasteiger partial charge >= 0.3 is 0 Å². The first kappa shape index (κ1) is 16.3. The zero-order valence-corrected chi connectivity index (χ0v) is 14.3. The highest BCUT2D eigenvalue weighted by molar-refractivity contribution is 6.42. The zero-order valence-electron chi connectivity index (χ0n) is 12.8. The van der Waals surface area contributed by atoms with Crippen LogP contribution in [0.1, 0.15) is 18.5 Å². The monoisotopic (exact) mass is 352 g/mol. The van der Waals surface area contributed by atoms with Crippen molar-refractivity contribution in [1.82, 2.24) is 9.97 Å². The third-order valence-corrected chi connectivity index (χ3v) is 4.30. The number of aryl methyl sites for hydroxylation is 1. The van der Waals surface area contributed by atoms with Crippen LogP contribution in [0.4, 0.5) is 17.5 Å². The zero-order chi connectivity index (χ0) is 16.2. The summed E-state index contributed by atoms with van der Waals surface area (Å²) in [6.45, 7) is 3.53. The molecular weight excluding hydrogens is 335 g/mol. The largest absolute Gasteiger partial charge is 0.376 e. The number of benzene rings is 1. The Kier molecular flexibility index (Phi) is 5.20. The number of halogens is 2. The first-order valence-corrected chi connectivity index (χ1v) is 8.29. The minimum Gasteiger partial charge on any atom is -0.376 e. The van der Waals surface area contributed by atoms with Gasteiger partial charge in [-0.15, -0.1) is 0 Å². The SMILES string of the molecule is Cc1cc(NCC2CCCO2)nc(Nc2ccc(Cl)c(Cl)c2)n1. The Morgan fingerprint density at radius 1 is 1.22 bits per heavy atom. The van der Waals surface area contributed by atoms with E-state index in [2.05, 4.69) is 20.6 Å². The van der Waals surface area contributed by atoms with Gasteiger partial charge in [-0.05, 0) is 38.0 Å². The van der Waals surface area contributed by atoms with Gasteiger partial charge in [-0.1, -0.05) is 23.2 Å². The Hall–Kier alpha value is -1.56. The van der Waals surface area contributed by atoms with Crippen molar-refractivity contribution in [1.29, 1.82) is 0 Å². The summed E-state index contributed by atoms with van der Waals surface area (Å²) in [4.78, 5) is 8.87. The molecular formula is C16H18Cl2N4O. The van der Waals surface area contributed by atoms with E-state index in [1.807, 2.05) is 19.1 Å². The normalized spacial score (nSPS) is 17.3. The van der Waals surface area contributed by atoms with Crippen molar-refractivity contribution in [3.05, 3.63) is 40.0 Å². The lowest BCUT2D eigenvalue weighted by atomic mass is 10.2. The molecule has 0 saturated carbocycles. The predicted octanol–water partition coefficient (Wildman–Crippen LogP) is 4.43. The molecule has 2 aromatic rings. The molecule has 2 heterocycles. The fourth-order valence-corrected chi connectivity index (χ4v) is 2.74. The fraction of sp³-hybridized carbons (Fsp3) is 0.375. The average Bonchev–Trinajstić information content (AvgIpc) is 3.02. The molecule has 0 spiro atoms. The summed E-state index contributed by atoms with van der Waals surface area (Å²) in [5, 5.41) is 7.46. The molecule has 122 valence electrons. The van der Waals surface area contributed by atoms with E-state index in [4.69, 9.17) is 27.9 Å². The maximum absolute atomic E-state index is 6.03. The molecule has 3 rings (SSSR count). The standard InChI is InChI=1S/C16H18Cl2N4O/c1-10-7-15(19-9-12-3-2-6-23-12)22-16(20-10)21-11-4-5-13(17)14(18)8-11/h4-5,7-8,12H,2-3,6,9H2,1H3,(H2,19,20,21,22). The second-order valence-electron chi connectivity index (χ2n) is 5.49. The van der Waals surface area contributed by atoms with Crippen molar-refractivity contribution in [3.8, 4) is 0 Å². The van der Waals surface area contributed by atoms with Gasteiger partial charge in [-0.25, -0.2) is 4.98 Å². The number of aromatic nitrogens is 2. The summed E-state index contributed by atoms with van der Waals surface area (Å²) in [5.74, 6) is 1.29. The van der Waals surface area contributed by atoms with E-state index in [9.17, 15) is 0 Å². The lowest BCUT2D eigenvalue weighted by molar-refractivity contribution is 0.120. The lowest BCUT2D eigenvalue weighted by Gasteiger charge is -2.13. The number of hydrogen-bond acceptors (Lipinski definition) is 5. The molecule has 23 heavy (non-hydrogen) atoms. The molecule has 1 saturated heterocycles. The number of anilines is 3. The molecule has 0 radical (unpaired) electrons. The number of nitrogens with zero attached hydrogens (tertiary/aromatic N) is 2. The van der Waals surface area contributed by atoms with Crippen LogP contribution in [0.5, 0.6) is 0 Å². The minimum atomic E-state index is 0.261. The van der Waals surface area contributed by atoms with Crippen molar-refractivity contribution in [2.24, 2.45) is 0 Å². The van der Waals surface area contributed by atoms with Crippen LogP contribution >= 0.6 is 23.2 Å². The molecule has 1 atom stereocenters. The first-order chi connectivity index (χ1) is 11.1. The third-order valence-electron chi connectivity index (χ3n) is 3.56. The second kappa shape index (κ2) is 7.34. The van der Waals surface area contributed by atoms with E-state index in [0.29, 0.717) is 16.0 Å². The van der Waals surface area contributed by atoms with Gasteiger partial charge in [0.05, 0.1) is 16.1 Å². The number of hydrogen-bond donors (Lipinski definition) is 2. The van der Waals surface area contributed by atoms with E-state index in [0.717, 1.165) is 43.2 Å². The van der Waals surface area contributed by atoms with E-state index < -0.39 is 0 Å². The van der Waals surface area contributed by atoms with E-state index >= 15 is 0 Å². The molecule has 0 aliphatic carbocycles. The molecule has 0 amide bonds. The fourth-order valence-electron chi connectivity index (χ4n) is 2.44. The Bertz CT molecular complexity index is 690. The highest BCUT2D eigenvalue weighted by Gasteiger charge is 2.15. The highest BCUT2D eigenvalue weighted by Crippen LogP contribution is 2.26. The van der Waals surface area contributed by atoms with Gasteiger partial charge in [0.25, 0.3) is 0 Å². The van der Waals surface area contributed by atoms with Crippen LogP contribution in [0.15, 0.2) is 24.3 Å². The number of nitrogens with one attached hydrogen (secondary N) is 2. The summed E-state index contributed by atoms with van der Waals surface area (Å²) < 4.78 is 5.61. The molecule has 1 aromatic heterocycles. The predicted molar refractivity (Wildman–Crippen MR) is 94.0 cm³/mol. The Labute approximate surface area is 145 Å². The van der Waals surface area contributed by atoms with Crippen LogP contribution in [0.3, 0.4) is 0 Å². The van der Waals surface area contributed by atoms with Crippen LogP contribution in [0.2, 0.25) is 10.0 Å². The van der Waals surface area contributed by atoms with Gasteiger partial charge in [0.15, 0.2) is 0 Å². The van der Waals surface area contributed by atoms with Gasteiger partial charge in [0.1, 0.15) is 5.82 Å². The van der Waals surface area contributed by atoms with Gasteiger partial charge in [0.2, 0.25) is 5.95 Å². The molecule has 1 unspecified atom stereocenters. The van der Waals surface area contributed by atoms with Gasteiger partial charge < -0.3 is 15.4 Å². The second-order valence-corrected chi connectivity index (χ2v) is 6.30. The first-order valence-electron chi connectivity index (χ1n) is 7.53. The molecule has 2 N–H and O–H groups in total. The summed E-state index contributed by atoms with van der Waals surface area (Å²) in [7, 11) is 0. The topological polar surface area (TPSA) is 59.1 Å². The van der Waals surface area contributed by atoms with Crippen LogP contribution in [-0.4, -0.2) is 29.2 Å². The molecule has 0 bridgehead atoms. The van der Waals surface area contributed by atoms with Gasteiger partial charge in [-0.2, -0.15) is 4.98 Å². The van der Waals surface area contributed by atoms with Crippen LogP contribution in [0.25, 0.3) is 0 Å². The van der Waals surface area contributed by atoms with Crippen LogP contribution in [-0.2, 0) is 4.74 Å². The van der Waals surface area contributed by atoms with Crippen molar-refractivity contribution >= 4 is 40.7 Å². The maximum atomic E-state index is 6.03. The van der Waals surface area contributed by atoms with Crippen molar-refractivity contribution in [3.63, 3.8) is 0 Å². The Morgan fingerprint density at radius 2 is 2.09 bits per heavy atom. The van der Waals surface area contributed by atoms with E-state index in [-0.39, 0.29) is 6.10 Å². The summed E-state index contributed by atoms with van der Waals surface area (Å²) in [5.41, 5.74) is 1.66. The lowest BCUT2D eigenvalue weighted by Crippen LogP contribution is -2.19. The maximum Gasteiger partial charge on any atom is 0.229 e. The average molecular weight is 353 g/mol. The molecule has 1 fully saturated rings. The number of ether oxygens (including phenoxy) is 1. The Balaban J connectivity index is 1.70. The molecule has 1 aliphatic heterocycles. The molecule has 7 heteroatoms. The molecule has 1 aliphatic rings. The third kappa shape index (κ3) is 4.47. The summed E-state index contributed by atoms with van der Waals surface area (Å²) in [6.07, 6.45) is 2.47. The van der Waals surface area contributed by atoms with Gasteiger partial charge in [0, 0.05) is 30.6 Å². The van der Waals surface area contributed by atoms with Gasteiger partial charge in [-0.3, -0.25) is 0 Å². The quantitative estimate of drug-likeness (QED) is 0.833. The smallest absolute Gasteiger partial charge is 0.229 e. The summed E-state index contributed by atoms with van der Waals surface area (Å²) in [6, 6.07) is 7.22. The van der Waals surface area contributed by atoms with Crippen molar-refractivity contribution in [2.45, 2.75) is 25.9 Å². The van der Waals surface area contributed by atoms with Crippen LogP contribution in [0, 0.1) is 6.92 Å². The number of rotatable bonds is 5.